The van der Waals surface area contributed by atoms with Crippen LogP contribution in [0.5, 0.6) is 0 Å². The van der Waals surface area contributed by atoms with Crippen molar-refractivity contribution < 1.29 is 9.53 Å². The molecule has 0 aromatic rings. The molecule has 60 valence electrons. The summed E-state index contributed by atoms with van der Waals surface area (Å²) in [6, 6.07) is 0.0382. The average Bonchev–Trinajstić information content (AvgIpc) is 1.88. The van der Waals surface area contributed by atoms with E-state index >= 15 is 0 Å². The molecule has 0 radical (unpaired) electrons. The first-order chi connectivity index (χ1) is 4.70. The van der Waals surface area contributed by atoms with Crippen molar-refractivity contribution in [3.8, 4) is 0 Å². The topological polar surface area (TPSA) is 38.3 Å². The summed E-state index contributed by atoms with van der Waals surface area (Å²) in [7, 11) is 1.59. The third-order valence-corrected chi connectivity index (χ3v) is 1.19. The lowest BCUT2D eigenvalue weighted by molar-refractivity contribution is -0.119. The van der Waals surface area contributed by atoms with Gasteiger partial charge in [-0.2, -0.15) is 0 Å². The van der Waals surface area contributed by atoms with Gasteiger partial charge in [-0.1, -0.05) is 0 Å². The van der Waals surface area contributed by atoms with Gasteiger partial charge >= 0.3 is 0 Å². The summed E-state index contributed by atoms with van der Waals surface area (Å²) >= 11 is 5.24. The molecule has 1 unspecified atom stereocenters. The smallest absolute Gasteiger partial charge is 0.235 e. The summed E-state index contributed by atoms with van der Waals surface area (Å²) in [5.74, 6) is -0.153. The minimum absolute atomic E-state index is 0.00799. The number of carbonyl (C=O) groups excluding carboxylic acids is 1. The quantitative estimate of drug-likeness (QED) is 0.612. The van der Waals surface area contributed by atoms with Crippen LogP contribution in [0, 0.1) is 0 Å². The highest BCUT2D eigenvalue weighted by molar-refractivity contribution is 6.27. The predicted octanol–water partition coefficient (Wildman–Crippen LogP) is 0.376. The molecule has 0 saturated heterocycles. The molecular weight excluding hydrogens is 154 g/mol. The molecule has 0 rings (SSSR count). The van der Waals surface area contributed by atoms with E-state index in [9.17, 15) is 4.79 Å². The molecule has 0 heterocycles. The third-order valence-electron chi connectivity index (χ3n) is 0.945. The summed E-state index contributed by atoms with van der Waals surface area (Å²) in [5, 5.41) is 2.63. The summed E-state index contributed by atoms with van der Waals surface area (Å²) in [6.45, 7) is 2.37. The van der Waals surface area contributed by atoms with E-state index in [0.717, 1.165) is 0 Å². The number of nitrogens with one attached hydrogen (secondary N) is 1. The van der Waals surface area contributed by atoms with Gasteiger partial charge < -0.3 is 10.1 Å². The van der Waals surface area contributed by atoms with E-state index in [1.165, 1.54) is 0 Å². The number of carbonyl (C=O) groups is 1. The van der Waals surface area contributed by atoms with Crippen LogP contribution in [0.2, 0.25) is 0 Å². The number of halogens is 1. The van der Waals surface area contributed by atoms with Crippen LogP contribution in [0.15, 0.2) is 0 Å². The van der Waals surface area contributed by atoms with Crippen LogP contribution < -0.4 is 5.32 Å². The molecule has 1 N–H and O–H groups in total. The van der Waals surface area contributed by atoms with Crippen LogP contribution in [-0.2, 0) is 9.53 Å². The lowest BCUT2D eigenvalue weighted by Gasteiger charge is -2.10. The minimum Gasteiger partial charge on any atom is -0.383 e. The maximum atomic E-state index is 10.6. The minimum atomic E-state index is -0.161. The Balaban J connectivity index is 3.37. The van der Waals surface area contributed by atoms with E-state index < -0.39 is 0 Å². The zero-order valence-electron chi connectivity index (χ0n) is 6.19. The molecule has 0 bridgehead atoms. The number of amides is 1. The molecule has 0 saturated carbocycles. The Hall–Kier alpha value is -0.280. The van der Waals surface area contributed by atoms with Crippen molar-refractivity contribution in [1.82, 2.24) is 5.32 Å². The van der Waals surface area contributed by atoms with E-state index in [1.807, 2.05) is 6.92 Å². The monoisotopic (exact) mass is 165 g/mol. The first-order valence-corrected chi connectivity index (χ1v) is 3.58. The maximum Gasteiger partial charge on any atom is 0.235 e. The SMILES string of the molecule is COCC(C)NC(=O)CCl. The molecule has 4 heteroatoms. The van der Waals surface area contributed by atoms with Crippen LogP contribution in [0.3, 0.4) is 0 Å². The summed E-state index contributed by atoms with van der Waals surface area (Å²) < 4.78 is 4.79. The lowest BCUT2D eigenvalue weighted by atomic mass is 10.3. The molecule has 0 aromatic heterocycles. The number of methoxy groups -OCH3 is 1. The Morgan fingerprint density at radius 3 is 2.80 bits per heavy atom. The zero-order valence-corrected chi connectivity index (χ0v) is 6.94. The Labute approximate surface area is 65.7 Å². The Morgan fingerprint density at radius 2 is 2.40 bits per heavy atom. The molecule has 10 heavy (non-hydrogen) atoms. The van der Waals surface area contributed by atoms with Gasteiger partial charge in [0.2, 0.25) is 5.91 Å². The molecule has 0 aromatic carbocycles. The van der Waals surface area contributed by atoms with Crippen molar-refractivity contribution in [1.29, 1.82) is 0 Å². The van der Waals surface area contributed by atoms with Gasteiger partial charge in [0.15, 0.2) is 0 Å². The van der Waals surface area contributed by atoms with E-state index in [2.05, 4.69) is 5.32 Å². The predicted molar refractivity (Wildman–Crippen MR) is 40.2 cm³/mol. The summed E-state index contributed by atoms with van der Waals surface area (Å²) in [6.07, 6.45) is 0. The highest BCUT2D eigenvalue weighted by atomic mass is 35.5. The number of ether oxygens (including phenoxy) is 1. The molecule has 0 spiro atoms. The second-order valence-corrected chi connectivity index (χ2v) is 2.32. The van der Waals surface area contributed by atoms with Crippen molar-refractivity contribution in [2.24, 2.45) is 0 Å². The standard InChI is InChI=1S/C6H12ClNO2/c1-5(4-10-2)8-6(9)3-7/h5H,3-4H2,1-2H3,(H,8,9). The fraction of sp³-hybridized carbons (Fsp3) is 0.833. The van der Waals surface area contributed by atoms with Crippen LogP contribution >= 0.6 is 11.6 Å². The van der Waals surface area contributed by atoms with Gasteiger partial charge in [0.1, 0.15) is 5.88 Å². The highest BCUT2D eigenvalue weighted by Crippen LogP contribution is 1.83. The normalized spacial score (nSPS) is 12.7. The molecule has 1 atom stereocenters. The number of hydrogen-bond donors (Lipinski definition) is 1. The molecule has 3 nitrogen and oxygen atoms in total. The van der Waals surface area contributed by atoms with E-state index in [-0.39, 0.29) is 17.8 Å². The molecule has 0 fully saturated rings. The van der Waals surface area contributed by atoms with Gasteiger partial charge in [-0.05, 0) is 6.92 Å². The first-order valence-electron chi connectivity index (χ1n) is 3.05. The molecular formula is C6H12ClNO2. The van der Waals surface area contributed by atoms with Gasteiger partial charge in [-0.25, -0.2) is 0 Å². The molecule has 1 amide bonds. The third kappa shape index (κ3) is 4.58. The van der Waals surface area contributed by atoms with Crippen LogP contribution in [0.1, 0.15) is 6.92 Å². The molecule has 0 aliphatic heterocycles. The van der Waals surface area contributed by atoms with E-state index in [4.69, 9.17) is 16.3 Å². The summed E-state index contributed by atoms with van der Waals surface area (Å²) in [5.41, 5.74) is 0. The fourth-order valence-corrected chi connectivity index (χ4v) is 0.682. The highest BCUT2D eigenvalue weighted by Gasteiger charge is 2.03. The van der Waals surface area contributed by atoms with Crippen molar-refractivity contribution in [3.05, 3.63) is 0 Å². The number of hydrogen-bond acceptors (Lipinski definition) is 2. The Bertz CT molecular complexity index is 108. The Kier molecular flexibility index (Phi) is 5.35. The van der Waals surface area contributed by atoms with Crippen LogP contribution in [0.4, 0.5) is 0 Å². The van der Waals surface area contributed by atoms with Gasteiger partial charge in [-0.15, -0.1) is 11.6 Å². The van der Waals surface area contributed by atoms with Gasteiger partial charge in [0, 0.05) is 13.2 Å². The molecule has 0 aliphatic carbocycles. The number of alkyl halides is 1. The van der Waals surface area contributed by atoms with Crippen molar-refractivity contribution in [3.63, 3.8) is 0 Å². The average molecular weight is 166 g/mol. The van der Waals surface area contributed by atoms with Crippen LogP contribution in [0.25, 0.3) is 0 Å². The maximum absolute atomic E-state index is 10.6. The fourth-order valence-electron chi connectivity index (χ4n) is 0.605. The Morgan fingerprint density at radius 1 is 1.80 bits per heavy atom. The first kappa shape index (κ1) is 9.72. The number of rotatable bonds is 4. The van der Waals surface area contributed by atoms with Gasteiger partial charge in [0.25, 0.3) is 0 Å². The molecule has 0 aliphatic rings. The van der Waals surface area contributed by atoms with Crippen molar-refractivity contribution >= 4 is 17.5 Å². The van der Waals surface area contributed by atoms with E-state index in [1.54, 1.807) is 7.11 Å². The lowest BCUT2D eigenvalue weighted by Crippen LogP contribution is -2.36. The van der Waals surface area contributed by atoms with Crippen molar-refractivity contribution in [2.75, 3.05) is 19.6 Å². The largest absolute Gasteiger partial charge is 0.383 e. The second-order valence-electron chi connectivity index (χ2n) is 2.06. The van der Waals surface area contributed by atoms with Crippen LogP contribution in [-0.4, -0.2) is 31.5 Å². The second kappa shape index (κ2) is 5.50. The zero-order chi connectivity index (χ0) is 7.98. The summed E-state index contributed by atoms with van der Waals surface area (Å²) in [4.78, 5) is 10.6. The van der Waals surface area contributed by atoms with Gasteiger partial charge in [-0.3, -0.25) is 4.79 Å². The van der Waals surface area contributed by atoms with E-state index in [0.29, 0.717) is 6.61 Å². The van der Waals surface area contributed by atoms with Crippen molar-refractivity contribution in [2.45, 2.75) is 13.0 Å². The van der Waals surface area contributed by atoms with Gasteiger partial charge in [0.05, 0.1) is 6.61 Å².